The van der Waals surface area contributed by atoms with Gasteiger partial charge in [-0.25, -0.2) is 0 Å². The minimum Gasteiger partial charge on any atom is -0.309 e. The van der Waals surface area contributed by atoms with Crippen molar-refractivity contribution in [1.29, 1.82) is 0 Å². The Morgan fingerprint density at radius 1 is 0.333 bits per heavy atom. The van der Waals surface area contributed by atoms with Gasteiger partial charge >= 0.3 is 0 Å². The summed E-state index contributed by atoms with van der Waals surface area (Å²) in [5, 5.41) is -2.63. The molecule has 7 aromatic carbocycles. The first-order valence-electron chi connectivity index (χ1n) is 28.4. The summed E-state index contributed by atoms with van der Waals surface area (Å²) in [6, 6.07) is -22.2. The summed E-state index contributed by atoms with van der Waals surface area (Å²) in [7, 11) is 0. The number of benzene rings is 7. The fourth-order valence-corrected chi connectivity index (χ4v) is 6.25. The molecule has 0 aliphatic carbocycles. The molecule has 0 fully saturated rings. The average molecular weight is 680 g/mol. The van der Waals surface area contributed by atoms with Crippen molar-refractivity contribution in [3.8, 4) is 29.0 Å². The molecule has 0 amide bonds. The van der Waals surface area contributed by atoms with Crippen LogP contribution in [0.5, 0.6) is 0 Å². The molecule has 0 unspecified atom stereocenters. The quantitative estimate of drug-likeness (QED) is 0.186. The predicted molar refractivity (Wildman–Crippen MR) is 208 cm³/mol. The van der Waals surface area contributed by atoms with Crippen LogP contribution in [-0.4, -0.2) is 28.7 Å². The second-order valence-electron chi connectivity index (χ2n) is 10.9. The van der Waals surface area contributed by atoms with Gasteiger partial charge in [0.2, 0.25) is 11.9 Å². The number of aromatic nitrogens is 6. The number of nitrogens with zero attached hydrogens (tertiary/aromatic N) is 6. The lowest BCUT2D eigenvalue weighted by Crippen LogP contribution is -2.11. The van der Waals surface area contributed by atoms with Crippen LogP contribution < -0.4 is 0 Å². The number of hydrogen-bond acceptors (Lipinski definition) is 3. The van der Waals surface area contributed by atoms with Crippen molar-refractivity contribution in [2.75, 3.05) is 0 Å². The van der Waals surface area contributed by atoms with Crippen LogP contribution in [0.25, 0.3) is 94.4 Å². The van der Waals surface area contributed by atoms with Crippen LogP contribution in [0.4, 0.5) is 0 Å². The van der Waals surface area contributed by atoms with Crippen molar-refractivity contribution in [1.82, 2.24) is 28.7 Å². The molecule has 0 saturated heterocycles. The van der Waals surface area contributed by atoms with E-state index >= 15 is 0 Å². The van der Waals surface area contributed by atoms with Crippen LogP contribution in [0.15, 0.2) is 169 Å². The molecule has 0 saturated carbocycles. The maximum atomic E-state index is 9.62. The van der Waals surface area contributed by atoms with E-state index in [4.69, 9.17) is 26.0 Å². The van der Waals surface area contributed by atoms with Gasteiger partial charge in [0, 0.05) is 37.9 Å². The molecular weight excluding hydrogens is 625 g/mol. The minimum absolute atomic E-state index is 0.250. The monoisotopic (exact) mass is 679 g/mol. The van der Waals surface area contributed by atoms with Crippen LogP contribution in [-0.2, 0) is 0 Å². The smallest absolute Gasteiger partial charge is 0.240 e. The first kappa shape index (κ1) is 12.4. The first-order chi connectivity index (χ1) is 36.5. The summed E-state index contributed by atoms with van der Waals surface area (Å²) in [6.07, 6.45) is 0. The first-order valence-corrected chi connectivity index (χ1v) is 14.9. The van der Waals surface area contributed by atoms with Gasteiger partial charge in [0.1, 0.15) is 0 Å². The summed E-state index contributed by atoms with van der Waals surface area (Å²) in [6.45, 7) is 0. The highest BCUT2D eigenvalue weighted by molar-refractivity contribution is 6.11. The van der Waals surface area contributed by atoms with Gasteiger partial charge in [-0.2, -0.15) is 15.0 Å². The number of para-hydroxylation sites is 7. The van der Waals surface area contributed by atoms with E-state index in [0.29, 0.717) is 0 Å². The van der Waals surface area contributed by atoms with Crippen LogP contribution in [0, 0.1) is 0 Å². The van der Waals surface area contributed by atoms with E-state index < -0.39 is 247 Å². The molecule has 6 heteroatoms. The van der Waals surface area contributed by atoms with E-state index in [0.717, 1.165) is 19.8 Å². The number of hydrogen-bond donors (Lipinski definition) is 0. The van der Waals surface area contributed by atoms with Gasteiger partial charge in [-0.05, 0) is 48.3 Å². The number of rotatable bonds is 4. The second-order valence-corrected chi connectivity index (χ2v) is 10.9. The Kier molecular flexibility index (Phi) is 2.60. The van der Waals surface area contributed by atoms with Gasteiger partial charge in [-0.15, -0.1) is 0 Å². The molecule has 4 heterocycles. The predicted octanol–water partition coefficient (Wildman–Crippen LogP) is 10.8. The van der Waals surface area contributed by atoms with E-state index in [9.17, 15) is 11.0 Å². The SMILES string of the molecule is [2H]c1cc2c3c([2H])c([2H])c([2H])c([2H])c3n(-c3c([2H])c([2H])c([2H])c([2H])c3-c3nc(-n4c5c([2H])c([2H])c([2H])c([2H])c5c5c([2H])c([2H])c([2H])c([2H])c54)nc(-n4c5c([2H])c([2H])c([2H])c([2H])c5c5c([2H])c([2H])c([2H])c([2H])c54)n3)c2c([2H])c1[2H]. The standard InChI is InChI=1S/C45H28N6/c1-8-22-36-29(15-1)30-16-2-9-23-37(30)49(36)42-28-14-7-21-35(42)43-46-44(50-38-24-10-3-17-31(38)32-18-4-11-25-39(32)50)48-45(47-43)51-40-26-12-5-19-33(40)34-20-6-13-27-41(34)51/h1-28H/i1D,2D,3D,4D,5D,6D,7D,8D,9D,10D,11D,12D,13D,14D,15D,17D,18D,19D,20D,21D,22D,23D,24D,25D,26D,27D,28D. The molecule has 0 aliphatic rings. The zero-order valence-corrected chi connectivity index (χ0v) is 25.3. The Morgan fingerprint density at radius 2 is 0.686 bits per heavy atom. The van der Waals surface area contributed by atoms with Gasteiger partial charge in [0.25, 0.3) is 0 Å². The van der Waals surface area contributed by atoms with Crippen molar-refractivity contribution in [3.05, 3.63) is 169 Å². The van der Waals surface area contributed by atoms with E-state index in [2.05, 4.69) is 15.0 Å². The van der Waals surface area contributed by atoms with E-state index in [1.54, 1.807) is 0 Å². The molecule has 11 aromatic rings. The highest BCUT2D eigenvalue weighted by atomic mass is 15.3. The summed E-state index contributed by atoms with van der Waals surface area (Å²) in [4.78, 5) is 13.9. The molecule has 51 heavy (non-hydrogen) atoms. The zero-order chi connectivity index (χ0) is 57.0. The van der Waals surface area contributed by atoms with Crippen molar-refractivity contribution < 1.29 is 37.0 Å². The maximum absolute atomic E-state index is 9.62. The Labute approximate surface area is 330 Å². The van der Waals surface area contributed by atoms with E-state index in [1.165, 1.54) is 0 Å². The number of fused-ring (bicyclic) bond motifs is 9. The van der Waals surface area contributed by atoms with Crippen molar-refractivity contribution in [3.63, 3.8) is 0 Å². The molecule has 0 N–H and O–H groups in total. The lowest BCUT2D eigenvalue weighted by molar-refractivity contribution is 0.892. The van der Waals surface area contributed by atoms with Crippen LogP contribution >= 0.6 is 0 Å². The molecule has 0 aliphatic heterocycles. The van der Waals surface area contributed by atoms with Crippen molar-refractivity contribution in [2.24, 2.45) is 0 Å². The molecule has 4 aromatic heterocycles. The molecule has 0 radical (unpaired) electrons. The van der Waals surface area contributed by atoms with Gasteiger partial charge in [-0.3, -0.25) is 9.13 Å². The normalized spacial score (nSPS) is 19.3. The Hall–Kier alpha value is -7.05. The molecule has 0 bridgehead atoms. The van der Waals surface area contributed by atoms with Crippen LogP contribution in [0.3, 0.4) is 0 Å². The molecular formula is C45H28N6. The lowest BCUT2D eigenvalue weighted by Gasteiger charge is -2.16. The van der Waals surface area contributed by atoms with Crippen molar-refractivity contribution >= 4 is 65.4 Å². The van der Waals surface area contributed by atoms with Crippen LogP contribution in [0.2, 0.25) is 0 Å². The Morgan fingerprint density at radius 3 is 1.18 bits per heavy atom. The topological polar surface area (TPSA) is 53.5 Å². The largest absolute Gasteiger partial charge is 0.309 e. The third-order valence-corrected chi connectivity index (χ3v) is 8.30. The van der Waals surface area contributed by atoms with Gasteiger partial charge < -0.3 is 4.57 Å². The van der Waals surface area contributed by atoms with Gasteiger partial charge in [0.05, 0.1) is 75.8 Å². The van der Waals surface area contributed by atoms with E-state index in [1.807, 2.05) is 0 Å². The Balaban J connectivity index is 1.46. The summed E-state index contributed by atoms with van der Waals surface area (Å²) in [5.41, 5.74) is -5.11. The third-order valence-electron chi connectivity index (χ3n) is 8.30. The maximum Gasteiger partial charge on any atom is 0.240 e. The fraction of sp³-hybridized carbons (Fsp3) is 0. The molecule has 0 spiro atoms. The molecule has 6 nitrogen and oxygen atoms in total. The summed E-state index contributed by atoms with van der Waals surface area (Å²) in [5.74, 6) is -2.79. The van der Waals surface area contributed by atoms with Crippen LogP contribution in [0.1, 0.15) is 37.0 Å². The summed E-state index contributed by atoms with van der Waals surface area (Å²) < 4.78 is 244. The third kappa shape index (κ3) is 4.01. The minimum atomic E-state index is -1.04. The lowest BCUT2D eigenvalue weighted by atomic mass is 10.1. The average Bonchev–Trinajstić information content (AvgIpc) is 3.95. The van der Waals surface area contributed by atoms with Crippen molar-refractivity contribution in [2.45, 2.75) is 0 Å². The van der Waals surface area contributed by atoms with Gasteiger partial charge in [0.15, 0.2) is 5.82 Å². The van der Waals surface area contributed by atoms with E-state index in [-0.39, 0.29) is 10.8 Å². The Bertz CT molecular complexity index is 4380. The zero-order valence-electron chi connectivity index (χ0n) is 52.3. The highest BCUT2D eigenvalue weighted by Crippen LogP contribution is 2.37. The molecule has 11 rings (SSSR count). The summed E-state index contributed by atoms with van der Waals surface area (Å²) >= 11 is 0. The second kappa shape index (κ2) is 10.7. The molecule has 0 atom stereocenters. The molecule has 238 valence electrons. The highest BCUT2D eigenvalue weighted by Gasteiger charge is 2.22. The fourth-order valence-electron chi connectivity index (χ4n) is 6.25. The van der Waals surface area contributed by atoms with Gasteiger partial charge in [-0.1, -0.05) is 121 Å².